The molecule has 0 unspecified atom stereocenters. The van der Waals surface area contributed by atoms with Crippen molar-refractivity contribution >= 4 is 11.3 Å². The van der Waals surface area contributed by atoms with Crippen LogP contribution in [-0.4, -0.2) is 4.98 Å². The van der Waals surface area contributed by atoms with Gasteiger partial charge in [0.25, 0.3) is 0 Å². The van der Waals surface area contributed by atoms with E-state index in [1.807, 2.05) is 20.8 Å². The third kappa shape index (κ3) is 1.53. The molecule has 3 heteroatoms. The van der Waals surface area contributed by atoms with E-state index in [1.54, 1.807) is 0 Å². The average molecular weight is 159 g/mol. The molecule has 1 heterocycles. The SMILES string of the molecule is CC(C)(C)c1nc(F)cs1. The van der Waals surface area contributed by atoms with Crippen LogP contribution in [0.25, 0.3) is 0 Å². The molecule has 0 bridgehead atoms. The second-order valence-electron chi connectivity index (χ2n) is 3.23. The van der Waals surface area contributed by atoms with Crippen LogP contribution in [0.5, 0.6) is 0 Å². The Hall–Kier alpha value is -0.440. The smallest absolute Gasteiger partial charge is 0.213 e. The van der Waals surface area contributed by atoms with E-state index in [0.29, 0.717) is 0 Å². The molecule has 1 nitrogen and oxygen atoms in total. The monoisotopic (exact) mass is 159 g/mol. The second kappa shape index (κ2) is 2.31. The van der Waals surface area contributed by atoms with E-state index < -0.39 is 0 Å². The Bertz CT molecular complexity index is 224. The zero-order valence-electron chi connectivity index (χ0n) is 6.31. The van der Waals surface area contributed by atoms with Crippen molar-refractivity contribution in [3.8, 4) is 0 Å². The summed E-state index contributed by atoms with van der Waals surface area (Å²) in [5, 5.41) is 2.28. The summed E-state index contributed by atoms with van der Waals surface area (Å²) in [6.45, 7) is 6.06. The third-order valence-electron chi connectivity index (χ3n) is 1.12. The van der Waals surface area contributed by atoms with Crippen molar-refractivity contribution in [2.45, 2.75) is 26.2 Å². The lowest BCUT2D eigenvalue weighted by Gasteiger charge is -2.12. The van der Waals surface area contributed by atoms with E-state index in [4.69, 9.17) is 0 Å². The van der Waals surface area contributed by atoms with Crippen LogP contribution in [0.4, 0.5) is 4.39 Å². The minimum absolute atomic E-state index is 0.0188. The number of aromatic nitrogens is 1. The zero-order chi connectivity index (χ0) is 7.78. The number of halogens is 1. The van der Waals surface area contributed by atoms with Crippen LogP contribution in [0.3, 0.4) is 0 Å². The van der Waals surface area contributed by atoms with Crippen molar-refractivity contribution in [1.82, 2.24) is 4.98 Å². The van der Waals surface area contributed by atoms with E-state index in [1.165, 1.54) is 16.7 Å². The van der Waals surface area contributed by atoms with E-state index in [2.05, 4.69) is 4.98 Å². The Labute approximate surface area is 63.9 Å². The fraction of sp³-hybridized carbons (Fsp3) is 0.571. The predicted octanol–water partition coefficient (Wildman–Crippen LogP) is 2.58. The Kier molecular flexibility index (Phi) is 1.77. The molecule has 0 aromatic carbocycles. The normalized spacial score (nSPS) is 12.0. The summed E-state index contributed by atoms with van der Waals surface area (Å²) in [6, 6.07) is 0. The van der Waals surface area contributed by atoms with Gasteiger partial charge in [0.1, 0.15) is 5.01 Å². The molecular formula is C7H10FNS. The van der Waals surface area contributed by atoms with Crippen LogP contribution in [0, 0.1) is 5.95 Å². The standard InChI is InChI=1S/C7H10FNS/c1-7(2,3)6-9-5(8)4-10-6/h4H,1-3H3. The molecule has 0 saturated heterocycles. The maximum Gasteiger partial charge on any atom is 0.223 e. The van der Waals surface area contributed by atoms with E-state index in [0.717, 1.165) is 5.01 Å². The van der Waals surface area contributed by atoms with Crippen LogP contribution in [-0.2, 0) is 5.41 Å². The summed E-state index contributed by atoms with van der Waals surface area (Å²) in [5.74, 6) is -0.366. The van der Waals surface area contributed by atoms with Gasteiger partial charge < -0.3 is 0 Å². The third-order valence-corrected chi connectivity index (χ3v) is 2.36. The first-order valence-corrected chi connectivity index (χ1v) is 3.99. The highest BCUT2D eigenvalue weighted by Gasteiger charge is 2.17. The van der Waals surface area contributed by atoms with Crippen LogP contribution >= 0.6 is 11.3 Å². The van der Waals surface area contributed by atoms with Gasteiger partial charge in [0.2, 0.25) is 5.95 Å². The minimum atomic E-state index is -0.366. The fourth-order valence-electron chi connectivity index (χ4n) is 0.599. The van der Waals surface area contributed by atoms with E-state index in [9.17, 15) is 4.39 Å². The van der Waals surface area contributed by atoms with Gasteiger partial charge in [-0.05, 0) is 0 Å². The molecule has 0 spiro atoms. The van der Waals surface area contributed by atoms with Crippen molar-refractivity contribution < 1.29 is 4.39 Å². The first kappa shape index (κ1) is 7.66. The van der Waals surface area contributed by atoms with Crippen LogP contribution < -0.4 is 0 Å². The molecular weight excluding hydrogens is 149 g/mol. The molecule has 1 aromatic heterocycles. The molecule has 1 rings (SSSR count). The molecule has 1 aromatic rings. The number of rotatable bonds is 0. The number of hydrogen-bond acceptors (Lipinski definition) is 2. The number of thiazole rings is 1. The Balaban J connectivity index is 2.96. The molecule has 0 aliphatic rings. The quantitative estimate of drug-likeness (QED) is 0.567. The molecule has 0 aliphatic heterocycles. The van der Waals surface area contributed by atoms with Gasteiger partial charge >= 0.3 is 0 Å². The molecule has 0 N–H and O–H groups in total. The van der Waals surface area contributed by atoms with Gasteiger partial charge in [-0.2, -0.15) is 4.39 Å². The Morgan fingerprint density at radius 1 is 1.50 bits per heavy atom. The highest BCUT2D eigenvalue weighted by molar-refractivity contribution is 7.09. The summed E-state index contributed by atoms with van der Waals surface area (Å²) in [5.41, 5.74) is -0.0188. The van der Waals surface area contributed by atoms with Crippen molar-refractivity contribution in [3.05, 3.63) is 16.3 Å². The summed E-state index contributed by atoms with van der Waals surface area (Å²) in [6.07, 6.45) is 0. The summed E-state index contributed by atoms with van der Waals surface area (Å²) in [4.78, 5) is 3.73. The van der Waals surface area contributed by atoms with Crippen molar-refractivity contribution in [3.63, 3.8) is 0 Å². The first-order chi connectivity index (χ1) is 4.50. The highest BCUT2D eigenvalue weighted by atomic mass is 32.1. The van der Waals surface area contributed by atoms with Crippen molar-refractivity contribution in [2.75, 3.05) is 0 Å². The van der Waals surface area contributed by atoms with Gasteiger partial charge in [0.15, 0.2) is 0 Å². The highest BCUT2D eigenvalue weighted by Crippen LogP contribution is 2.24. The first-order valence-electron chi connectivity index (χ1n) is 3.11. The molecule has 0 radical (unpaired) electrons. The molecule has 10 heavy (non-hydrogen) atoms. The Morgan fingerprint density at radius 2 is 2.10 bits per heavy atom. The van der Waals surface area contributed by atoms with Gasteiger partial charge in [-0.15, -0.1) is 11.3 Å². The van der Waals surface area contributed by atoms with Gasteiger partial charge in [-0.3, -0.25) is 0 Å². The Morgan fingerprint density at radius 3 is 2.30 bits per heavy atom. The van der Waals surface area contributed by atoms with Gasteiger partial charge in [-0.1, -0.05) is 20.8 Å². The minimum Gasteiger partial charge on any atom is -0.213 e. The molecule has 0 aliphatic carbocycles. The molecule has 0 fully saturated rings. The molecule has 0 saturated carbocycles. The predicted molar refractivity (Wildman–Crippen MR) is 40.8 cm³/mol. The maximum absolute atomic E-state index is 12.4. The van der Waals surface area contributed by atoms with E-state index >= 15 is 0 Å². The molecule has 56 valence electrons. The molecule has 0 atom stereocenters. The fourth-order valence-corrected chi connectivity index (χ4v) is 1.35. The lowest BCUT2D eigenvalue weighted by molar-refractivity contribution is 0.544. The average Bonchev–Trinajstić information content (AvgIpc) is 2.11. The summed E-state index contributed by atoms with van der Waals surface area (Å²) >= 11 is 1.37. The van der Waals surface area contributed by atoms with Crippen molar-refractivity contribution in [2.24, 2.45) is 0 Å². The van der Waals surface area contributed by atoms with Crippen LogP contribution in [0.15, 0.2) is 5.38 Å². The summed E-state index contributed by atoms with van der Waals surface area (Å²) in [7, 11) is 0. The summed E-state index contributed by atoms with van der Waals surface area (Å²) < 4.78 is 12.4. The largest absolute Gasteiger partial charge is 0.223 e. The number of nitrogens with zero attached hydrogens (tertiary/aromatic N) is 1. The van der Waals surface area contributed by atoms with E-state index in [-0.39, 0.29) is 11.4 Å². The van der Waals surface area contributed by atoms with Gasteiger partial charge in [0, 0.05) is 10.8 Å². The lowest BCUT2D eigenvalue weighted by Crippen LogP contribution is -2.10. The maximum atomic E-state index is 12.4. The second-order valence-corrected chi connectivity index (χ2v) is 4.08. The zero-order valence-corrected chi connectivity index (χ0v) is 7.13. The number of hydrogen-bond donors (Lipinski definition) is 0. The molecule has 0 amide bonds. The lowest BCUT2D eigenvalue weighted by atomic mass is 9.98. The van der Waals surface area contributed by atoms with Gasteiger partial charge in [-0.25, -0.2) is 4.98 Å². The van der Waals surface area contributed by atoms with Crippen LogP contribution in [0.1, 0.15) is 25.8 Å². The van der Waals surface area contributed by atoms with Gasteiger partial charge in [0.05, 0.1) is 0 Å². The van der Waals surface area contributed by atoms with Crippen molar-refractivity contribution in [1.29, 1.82) is 0 Å². The topological polar surface area (TPSA) is 12.9 Å². The van der Waals surface area contributed by atoms with Crippen LogP contribution in [0.2, 0.25) is 0 Å².